The van der Waals surface area contributed by atoms with E-state index < -0.39 is 5.54 Å². The number of rotatable bonds is 4. The Morgan fingerprint density at radius 2 is 2.05 bits per heavy atom. The number of carbonyl (C=O) groups excluding carboxylic acids is 1. The number of nitrogens with zero attached hydrogens (tertiary/aromatic N) is 2. The summed E-state index contributed by atoms with van der Waals surface area (Å²) in [5.74, 6) is -0.256. The number of carbonyl (C=O) groups is 1. The van der Waals surface area contributed by atoms with Gasteiger partial charge in [-0.3, -0.25) is 9.48 Å². The summed E-state index contributed by atoms with van der Waals surface area (Å²) in [6, 6.07) is 11.1. The average molecular weight is 273 g/mol. The molecule has 0 aliphatic heterocycles. The number of hydrogen-bond donors (Lipinski definition) is 2. The molecular formula is C15H19N3O2. The smallest absolute Gasteiger partial charge is 0.270 e. The Bertz CT molecular complexity index is 607. The van der Waals surface area contributed by atoms with E-state index in [1.165, 1.54) is 4.68 Å². The lowest BCUT2D eigenvalue weighted by Crippen LogP contribution is -2.46. The van der Waals surface area contributed by atoms with Crippen molar-refractivity contribution in [2.45, 2.75) is 19.4 Å². The summed E-state index contributed by atoms with van der Waals surface area (Å²) >= 11 is 0. The van der Waals surface area contributed by atoms with Crippen molar-refractivity contribution in [1.82, 2.24) is 15.1 Å². The van der Waals surface area contributed by atoms with Gasteiger partial charge in [0.15, 0.2) is 0 Å². The van der Waals surface area contributed by atoms with E-state index in [9.17, 15) is 9.90 Å². The van der Waals surface area contributed by atoms with Crippen LogP contribution in [0, 0.1) is 6.92 Å². The van der Waals surface area contributed by atoms with Gasteiger partial charge in [0.05, 0.1) is 17.8 Å². The van der Waals surface area contributed by atoms with E-state index in [2.05, 4.69) is 10.4 Å². The normalized spacial score (nSPS) is 13.8. The first-order valence-electron chi connectivity index (χ1n) is 6.46. The van der Waals surface area contributed by atoms with E-state index in [-0.39, 0.29) is 12.5 Å². The summed E-state index contributed by atoms with van der Waals surface area (Å²) in [6.45, 7) is 3.45. The Balaban J connectivity index is 2.26. The molecule has 2 rings (SSSR count). The number of aliphatic hydroxyl groups excluding tert-OH is 1. The van der Waals surface area contributed by atoms with Crippen molar-refractivity contribution < 1.29 is 9.90 Å². The van der Waals surface area contributed by atoms with Crippen molar-refractivity contribution >= 4 is 5.91 Å². The molecule has 1 aromatic heterocycles. The van der Waals surface area contributed by atoms with Gasteiger partial charge in [0, 0.05) is 7.05 Å². The fourth-order valence-electron chi connectivity index (χ4n) is 2.15. The third-order valence-corrected chi connectivity index (χ3v) is 3.35. The summed E-state index contributed by atoms with van der Waals surface area (Å²) in [7, 11) is 1.72. The van der Waals surface area contributed by atoms with Gasteiger partial charge in [-0.2, -0.15) is 5.10 Å². The predicted octanol–water partition coefficient (Wildman–Crippen LogP) is 1.37. The lowest BCUT2D eigenvalue weighted by atomic mass is 9.92. The van der Waals surface area contributed by atoms with Gasteiger partial charge in [-0.25, -0.2) is 0 Å². The highest BCUT2D eigenvalue weighted by Crippen LogP contribution is 2.20. The second-order valence-corrected chi connectivity index (χ2v) is 5.10. The molecule has 0 radical (unpaired) electrons. The Morgan fingerprint density at radius 3 is 2.55 bits per heavy atom. The molecule has 0 fully saturated rings. The van der Waals surface area contributed by atoms with E-state index in [4.69, 9.17) is 0 Å². The minimum absolute atomic E-state index is 0.181. The molecular weight excluding hydrogens is 254 g/mol. The summed E-state index contributed by atoms with van der Waals surface area (Å²) in [5.41, 5.74) is 1.28. The Morgan fingerprint density at radius 1 is 1.40 bits per heavy atom. The third kappa shape index (κ3) is 2.72. The van der Waals surface area contributed by atoms with Crippen LogP contribution in [-0.2, 0) is 12.6 Å². The standard InChI is InChI=1S/C15H19N3O2/c1-11-9-13(18(3)17-11)14(20)16-15(2,10-19)12-7-5-4-6-8-12/h4-9,19H,10H2,1-3H3,(H,16,20). The Labute approximate surface area is 118 Å². The number of hydrogen-bond acceptors (Lipinski definition) is 3. The van der Waals surface area contributed by atoms with Gasteiger partial charge in [-0.05, 0) is 25.5 Å². The molecule has 20 heavy (non-hydrogen) atoms. The first kappa shape index (κ1) is 14.3. The predicted molar refractivity (Wildman–Crippen MR) is 76.3 cm³/mol. The number of aliphatic hydroxyl groups is 1. The van der Waals surface area contributed by atoms with Crippen molar-refractivity contribution in [2.24, 2.45) is 7.05 Å². The van der Waals surface area contributed by atoms with E-state index in [0.29, 0.717) is 5.69 Å². The van der Waals surface area contributed by atoms with Crippen molar-refractivity contribution in [3.05, 3.63) is 53.3 Å². The van der Waals surface area contributed by atoms with Gasteiger partial charge in [0.2, 0.25) is 0 Å². The fourth-order valence-corrected chi connectivity index (χ4v) is 2.15. The first-order chi connectivity index (χ1) is 9.46. The summed E-state index contributed by atoms with van der Waals surface area (Å²) < 4.78 is 1.54. The van der Waals surface area contributed by atoms with Crippen LogP contribution in [0.5, 0.6) is 0 Å². The van der Waals surface area contributed by atoms with Crippen LogP contribution in [0.2, 0.25) is 0 Å². The molecule has 1 heterocycles. The van der Waals surface area contributed by atoms with Gasteiger partial charge in [-0.15, -0.1) is 0 Å². The molecule has 5 heteroatoms. The molecule has 1 atom stereocenters. The third-order valence-electron chi connectivity index (χ3n) is 3.35. The quantitative estimate of drug-likeness (QED) is 0.884. The molecule has 0 spiro atoms. The largest absolute Gasteiger partial charge is 0.394 e. The van der Waals surface area contributed by atoms with Crippen molar-refractivity contribution in [3.63, 3.8) is 0 Å². The molecule has 1 unspecified atom stereocenters. The van der Waals surface area contributed by atoms with E-state index in [0.717, 1.165) is 11.3 Å². The lowest BCUT2D eigenvalue weighted by molar-refractivity contribution is 0.0840. The van der Waals surface area contributed by atoms with E-state index in [1.807, 2.05) is 37.3 Å². The summed E-state index contributed by atoms with van der Waals surface area (Å²) in [6.07, 6.45) is 0. The van der Waals surface area contributed by atoms with Crippen LogP contribution in [0.3, 0.4) is 0 Å². The highest BCUT2D eigenvalue weighted by Gasteiger charge is 2.29. The number of nitrogens with one attached hydrogen (secondary N) is 1. The molecule has 0 aliphatic rings. The van der Waals surface area contributed by atoms with E-state index in [1.54, 1.807) is 20.0 Å². The fraction of sp³-hybridized carbons (Fsp3) is 0.333. The number of aromatic nitrogens is 2. The minimum atomic E-state index is -0.823. The van der Waals surface area contributed by atoms with Crippen LogP contribution < -0.4 is 5.32 Å². The van der Waals surface area contributed by atoms with Gasteiger partial charge in [0.25, 0.3) is 5.91 Å². The maximum Gasteiger partial charge on any atom is 0.270 e. The molecule has 0 saturated carbocycles. The van der Waals surface area contributed by atoms with Crippen molar-refractivity contribution in [2.75, 3.05) is 6.61 Å². The van der Waals surface area contributed by atoms with Crippen molar-refractivity contribution in [3.8, 4) is 0 Å². The maximum atomic E-state index is 12.3. The van der Waals surface area contributed by atoms with Gasteiger partial charge < -0.3 is 10.4 Å². The number of aryl methyl sites for hydroxylation is 2. The molecule has 106 valence electrons. The van der Waals surface area contributed by atoms with Gasteiger partial charge in [-0.1, -0.05) is 30.3 Å². The zero-order valence-corrected chi connectivity index (χ0v) is 11.9. The second-order valence-electron chi connectivity index (χ2n) is 5.10. The van der Waals surface area contributed by atoms with Crippen LogP contribution >= 0.6 is 0 Å². The zero-order chi connectivity index (χ0) is 14.8. The zero-order valence-electron chi connectivity index (χ0n) is 11.9. The Kier molecular flexibility index (Phi) is 3.90. The van der Waals surface area contributed by atoms with Crippen LogP contribution in [0.25, 0.3) is 0 Å². The molecule has 0 bridgehead atoms. The first-order valence-corrected chi connectivity index (χ1v) is 6.46. The minimum Gasteiger partial charge on any atom is -0.394 e. The molecule has 0 saturated heterocycles. The highest BCUT2D eigenvalue weighted by molar-refractivity contribution is 5.93. The van der Waals surface area contributed by atoms with Crippen LogP contribution in [-0.4, -0.2) is 27.4 Å². The molecule has 2 aromatic rings. The SMILES string of the molecule is Cc1cc(C(=O)NC(C)(CO)c2ccccc2)n(C)n1. The molecule has 1 aromatic carbocycles. The molecule has 5 nitrogen and oxygen atoms in total. The summed E-state index contributed by atoms with van der Waals surface area (Å²) in [5, 5.41) is 16.7. The summed E-state index contributed by atoms with van der Waals surface area (Å²) in [4.78, 5) is 12.3. The van der Waals surface area contributed by atoms with Gasteiger partial charge in [0.1, 0.15) is 5.69 Å². The lowest BCUT2D eigenvalue weighted by Gasteiger charge is -2.29. The monoisotopic (exact) mass is 273 g/mol. The maximum absolute atomic E-state index is 12.3. The molecule has 0 aliphatic carbocycles. The van der Waals surface area contributed by atoms with Gasteiger partial charge >= 0.3 is 0 Å². The highest BCUT2D eigenvalue weighted by atomic mass is 16.3. The van der Waals surface area contributed by atoms with Crippen LogP contribution in [0.15, 0.2) is 36.4 Å². The Hall–Kier alpha value is -2.14. The van der Waals surface area contributed by atoms with Crippen LogP contribution in [0.4, 0.5) is 0 Å². The topological polar surface area (TPSA) is 67.2 Å². The number of benzene rings is 1. The van der Waals surface area contributed by atoms with Crippen LogP contribution in [0.1, 0.15) is 28.7 Å². The number of amides is 1. The second kappa shape index (κ2) is 5.46. The van der Waals surface area contributed by atoms with E-state index >= 15 is 0 Å². The molecule has 2 N–H and O–H groups in total. The van der Waals surface area contributed by atoms with Crippen molar-refractivity contribution in [1.29, 1.82) is 0 Å². The molecule has 1 amide bonds. The average Bonchev–Trinajstić information content (AvgIpc) is 2.78.